The van der Waals surface area contributed by atoms with E-state index in [1.807, 2.05) is 6.07 Å². The fourth-order valence-corrected chi connectivity index (χ4v) is 4.11. The Balaban J connectivity index is 0.000000755. The topological polar surface area (TPSA) is 125 Å². The Labute approximate surface area is 167 Å². The van der Waals surface area contributed by atoms with E-state index >= 15 is 0 Å². The van der Waals surface area contributed by atoms with Crippen LogP contribution < -0.4 is 16.0 Å². The van der Waals surface area contributed by atoms with Gasteiger partial charge in [-0.25, -0.2) is 4.79 Å². The summed E-state index contributed by atoms with van der Waals surface area (Å²) >= 11 is 0. The minimum atomic E-state index is -0.459. The number of H-pyrrole nitrogens is 2. The third-order valence-electron chi connectivity index (χ3n) is 5.43. The summed E-state index contributed by atoms with van der Waals surface area (Å²) in [6, 6.07) is 7.71. The lowest BCUT2D eigenvalue weighted by Gasteiger charge is -2.45. The molecule has 0 amide bonds. The van der Waals surface area contributed by atoms with Gasteiger partial charge in [0.05, 0.1) is 19.3 Å². The average molecular weight is 403 g/mol. The Morgan fingerprint density at radius 2 is 1.97 bits per heavy atom. The smallest absolute Gasteiger partial charge is 0.325 e. The summed E-state index contributed by atoms with van der Waals surface area (Å²) in [7, 11) is 1.69. The first-order valence-electron chi connectivity index (χ1n) is 9.44. The normalized spacial score (nSPS) is 17.7. The Bertz CT molecular complexity index is 931. The van der Waals surface area contributed by atoms with Crippen molar-refractivity contribution in [2.75, 3.05) is 26.8 Å². The van der Waals surface area contributed by atoms with Crippen LogP contribution in [0.5, 0.6) is 5.75 Å². The molecule has 1 aromatic carbocycles. The lowest BCUT2D eigenvalue weighted by atomic mass is 9.79. The fourth-order valence-electron chi connectivity index (χ4n) is 4.11. The maximum Gasteiger partial charge on any atom is 0.325 e. The molecule has 0 bridgehead atoms. The molecule has 1 fully saturated rings. The van der Waals surface area contributed by atoms with Crippen molar-refractivity contribution in [3.63, 3.8) is 0 Å². The molecule has 1 saturated heterocycles. The molecule has 29 heavy (non-hydrogen) atoms. The van der Waals surface area contributed by atoms with Crippen molar-refractivity contribution in [1.82, 2.24) is 14.9 Å². The van der Waals surface area contributed by atoms with Crippen LogP contribution in [0.4, 0.5) is 0 Å². The molecule has 4 rings (SSSR count). The Morgan fingerprint density at radius 1 is 1.24 bits per heavy atom. The van der Waals surface area contributed by atoms with Crippen molar-refractivity contribution in [1.29, 1.82) is 0 Å². The van der Waals surface area contributed by atoms with Gasteiger partial charge in [0.25, 0.3) is 12.0 Å². The molecule has 9 heteroatoms. The number of hydrogen-bond acceptors (Lipinski definition) is 6. The van der Waals surface area contributed by atoms with Crippen molar-refractivity contribution < 1.29 is 19.4 Å². The number of aromatic nitrogens is 2. The minimum Gasteiger partial charge on any atom is -0.497 e. The maximum absolute atomic E-state index is 11.5. The van der Waals surface area contributed by atoms with Gasteiger partial charge < -0.3 is 19.6 Å². The number of hydrogen-bond donors (Lipinski definition) is 3. The zero-order valence-corrected chi connectivity index (χ0v) is 16.3. The molecule has 2 aliphatic rings. The molecule has 9 nitrogen and oxygen atoms in total. The van der Waals surface area contributed by atoms with Crippen LogP contribution >= 0.6 is 0 Å². The van der Waals surface area contributed by atoms with Gasteiger partial charge in [-0.3, -0.25) is 19.5 Å². The van der Waals surface area contributed by atoms with Gasteiger partial charge in [-0.1, -0.05) is 6.07 Å². The minimum absolute atomic E-state index is 0.238. The van der Waals surface area contributed by atoms with Gasteiger partial charge in [0.2, 0.25) is 0 Å². The number of benzene rings is 1. The Morgan fingerprint density at radius 3 is 2.62 bits per heavy atom. The summed E-state index contributed by atoms with van der Waals surface area (Å²) in [5.74, 6) is 0.886. The zero-order valence-electron chi connectivity index (χ0n) is 16.3. The quantitative estimate of drug-likeness (QED) is 0.649. The number of aromatic amines is 2. The molecular weight excluding hydrogens is 378 g/mol. The van der Waals surface area contributed by atoms with Crippen LogP contribution in [0.15, 0.2) is 33.9 Å². The van der Waals surface area contributed by atoms with Gasteiger partial charge in [-0.15, -0.1) is 0 Å². The molecule has 0 unspecified atom stereocenters. The second kappa shape index (κ2) is 9.06. The predicted molar refractivity (Wildman–Crippen MR) is 105 cm³/mol. The SMILES string of the molecule is COc1ccc2c(c1)CCOC21CCN(Cc2cc(=O)[nH]c(=O)[nH]2)CC1.O=CO. The summed E-state index contributed by atoms with van der Waals surface area (Å²) in [6.07, 6.45) is 2.69. The molecule has 3 N–H and O–H groups in total. The van der Waals surface area contributed by atoms with Gasteiger partial charge in [0.1, 0.15) is 5.75 Å². The van der Waals surface area contributed by atoms with E-state index in [0.717, 1.165) is 44.7 Å². The highest BCUT2D eigenvalue weighted by Gasteiger charge is 2.40. The summed E-state index contributed by atoms with van der Waals surface area (Å²) in [5.41, 5.74) is 2.16. The third kappa shape index (κ3) is 4.75. The van der Waals surface area contributed by atoms with Gasteiger partial charge in [-0.2, -0.15) is 0 Å². The number of piperidine rings is 1. The van der Waals surface area contributed by atoms with Crippen LogP contribution in [0.1, 0.15) is 29.7 Å². The van der Waals surface area contributed by atoms with E-state index in [4.69, 9.17) is 19.4 Å². The van der Waals surface area contributed by atoms with Gasteiger partial charge in [0, 0.05) is 31.4 Å². The van der Waals surface area contributed by atoms with E-state index in [1.165, 1.54) is 17.2 Å². The number of ether oxygens (including phenoxy) is 2. The lowest BCUT2D eigenvalue weighted by Crippen LogP contribution is -2.46. The van der Waals surface area contributed by atoms with Gasteiger partial charge in [0.15, 0.2) is 0 Å². The van der Waals surface area contributed by atoms with E-state index in [9.17, 15) is 9.59 Å². The number of methoxy groups -OCH3 is 1. The number of nitrogens with one attached hydrogen (secondary N) is 2. The van der Waals surface area contributed by atoms with Crippen molar-refractivity contribution in [3.8, 4) is 5.75 Å². The number of rotatable bonds is 3. The van der Waals surface area contributed by atoms with Crippen LogP contribution in [0, 0.1) is 0 Å². The van der Waals surface area contributed by atoms with Crippen LogP contribution in [-0.2, 0) is 28.1 Å². The molecule has 1 aromatic heterocycles. The highest BCUT2D eigenvalue weighted by atomic mass is 16.5. The number of likely N-dealkylation sites (tertiary alicyclic amines) is 1. The summed E-state index contributed by atoms with van der Waals surface area (Å²) < 4.78 is 11.6. The van der Waals surface area contributed by atoms with Crippen molar-refractivity contribution in [2.24, 2.45) is 0 Å². The van der Waals surface area contributed by atoms with E-state index in [1.54, 1.807) is 7.11 Å². The summed E-state index contributed by atoms with van der Waals surface area (Å²) in [4.78, 5) is 38.4. The first-order valence-corrected chi connectivity index (χ1v) is 9.44. The van der Waals surface area contributed by atoms with Crippen LogP contribution in [0.3, 0.4) is 0 Å². The molecule has 2 aliphatic heterocycles. The number of nitrogens with zero attached hydrogens (tertiary/aromatic N) is 1. The number of carbonyl (C=O) groups is 1. The summed E-state index contributed by atoms with van der Waals surface area (Å²) in [6.45, 7) is 2.73. The lowest BCUT2D eigenvalue weighted by molar-refractivity contribution is -0.122. The molecule has 2 aromatic rings. The van der Waals surface area contributed by atoms with Crippen LogP contribution in [0.2, 0.25) is 0 Å². The first-order chi connectivity index (χ1) is 14.0. The van der Waals surface area contributed by atoms with Crippen molar-refractivity contribution in [3.05, 3.63) is 61.9 Å². The highest BCUT2D eigenvalue weighted by Crippen LogP contribution is 2.42. The monoisotopic (exact) mass is 403 g/mol. The second-order valence-corrected chi connectivity index (χ2v) is 7.11. The second-order valence-electron chi connectivity index (χ2n) is 7.11. The maximum atomic E-state index is 11.5. The molecule has 0 atom stereocenters. The molecular formula is C20H25N3O6. The molecule has 0 aliphatic carbocycles. The van der Waals surface area contributed by atoms with E-state index in [-0.39, 0.29) is 17.6 Å². The molecule has 0 saturated carbocycles. The third-order valence-corrected chi connectivity index (χ3v) is 5.43. The molecule has 1 spiro atoms. The van der Waals surface area contributed by atoms with E-state index in [0.29, 0.717) is 12.2 Å². The largest absolute Gasteiger partial charge is 0.497 e. The first kappa shape index (κ1) is 20.8. The van der Waals surface area contributed by atoms with Crippen LogP contribution in [0.25, 0.3) is 0 Å². The standard InChI is InChI=1S/C19H23N3O4.CH2O2/c1-25-15-2-3-16-13(10-15)4-9-26-19(16)5-7-22(8-6-19)12-14-11-17(23)21-18(24)20-14;2-1-3/h2-3,10-11H,4-9,12H2,1H3,(H2,20,21,23,24);1H,(H,2,3). The van der Waals surface area contributed by atoms with E-state index < -0.39 is 5.69 Å². The molecule has 0 radical (unpaired) electrons. The molecule has 156 valence electrons. The number of fused-ring (bicyclic) bond motifs is 2. The molecule has 3 heterocycles. The average Bonchev–Trinajstić information content (AvgIpc) is 2.69. The van der Waals surface area contributed by atoms with Gasteiger partial charge in [-0.05, 0) is 42.5 Å². The number of carboxylic acid groups (broad SMARTS) is 1. The Hall–Kier alpha value is -2.91. The predicted octanol–water partition coefficient (Wildman–Crippen LogP) is 0.837. The van der Waals surface area contributed by atoms with Crippen molar-refractivity contribution >= 4 is 6.47 Å². The van der Waals surface area contributed by atoms with Crippen molar-refractivity contribution in [2.45, 2.75) is 31.4 Å². The fraction of sp³-hybridized carbons (Fsp3) is 0.450. The van der Waals surface area contributed by atoms with Gasteiger partial charge >= 0.3 is 5.69 Å². The Kier molecular flexibility index (Phi) is 6.50. The van der Waals surface area contributed by atoms with E-state index in [2.05, 4.69) is 27.0 Å². The van der Waals surface area contributed by atoms with Crippen LogP contribution in [-0.4, -0.2) is 53.3 Å². The highest BCUT2D eigenvalue weighted by molar-refractivity contribution is 5.41. The summed E-state index contributed by atoms with van der Waals surface area (Å²) in [5, 5.41) is 6.89. The zero-order chi connectivity index (χ0) is 20.9.